The van der Waals surface area contributed by atoms with Crippen molar-refractivity contribution in [2.45, 2.75) is 6.54 Å². The number of carbonyl (C=O) groups is 1. The van der Waals surface area contributed by atoms with Crippen LogP contribution in [0.25, 0.3) is 27.7 Å². The molecule has 3 heterocycles. The molecule has 0 aliphatic heterocycles. The summed E-state index contributed by atoms with van der Waals surface area (Å²) in [5.41, 5.74) is 5.18. The lowest BCUT2D eigenvalue weighted by Gasteiger charge is -2.08. The van der Waals surface area contributed by atoms with Crippen LogP contribution in [0.4, 0.5) is 0 Å². The lowest BCUT2D eigenvalue weighted by Crippen LogP contribution is -2.24. The van der Waals surface area contributed by atoms with Gasteiger partial charge < -0.3 is 10.1 Å². The summed E-state index contributed by atoms with van der Waals surface area (Å²) in [5.74, 6) is 0.576. The highest BCUT2D eigenvalue weighted by Gasteiger charge is 2.13. The van der Waals surface area contributed by atoms with Gasteiger partial charge in [0.15, 0.2) is 0 Å². The molecule has 6 nitrogen and oxygen atoms in total. The van der Waals surface area contributed by atoms with Gasteiger partial charge in [0.25, 0.3) is 5.91 Å². The molecular weight excluding hydrogens is 388 g/mol. The zero-order chi connectivity index (χ0) is 21.2. The van der Waals surface area contributed by atoms with Gasteiger partial charge in [-0.2, -0.15) is 0 Å². The molecule has 0 saturated carbocycles. The SMILES string of the molecule is COc1cccc(CNC(=O)c2cnc3ccc(-c4ccc5ncccc5c4)cn23)c1. The maximum atomic E-state index is 12.9. The smallest absolute Gasteiger partial charge is 0.270 e. The van der Waals surface area contributed by atoms with Crippen molar-refractivity contribution in [2.24, 2.45) is 0 Å². The monoisotopic (exact) mass is 408 g/mol. The number of fused-ring (bicyclic) bond motifs is 2. The molecule has 5 rings (SSSR count). The molecule has 0 saturated heterocycles. The largest absolute Gasteiger partial charge is 0.497 e. The number of rotatable bonds is 5. The van der Waals surface area contributed by atoms with E-state index in [4.69, 9.17) is 4.74 Å². The lowest BCUT2D eigenvalue weighted by molar-refractivity contribution is 0.0945. The van der Waals surface area contributed by atoms with Crippen LogP contribution < -0.4 is 10.1 Å². The molecule has 0 fully saturated rings. The van der Waals surface area contributed by atoms with Crippen LogP contribution in [0.15, 0.2) is 85.3 Å². The summed E-state index contributed by atoms with van der Waals surface area (Å²) in [4.78, 5) is 21.6. The van der Waals surface area contributed by atoms with Gasteiger partial charge in [-0.3, -0.25) is 14.2 Å². The van der Waals surface area contributed by atoms with Gasteiger partial charge in [0.05, 0.1) is 18.8 Å². The fourth-order valence-electron chi connectivity index (χ4n) is 3.63. The van der Waals surface area contributed by atoms with Crippen molar-refractivity contribution in [3.05, 3.63) is 96.6 Å². The van der Waals surface area contributed by atoms with Crippen LogP contribution in [0, 0.1) is 0 Å². The van der Waals surface area contributed by atoms with Gasteiger partial charge in [0, 0.05) is 24.3 Å². The van der Waals surface area contributed by atoms with Crippen molar-refractivity contribution >= 4 is 22.5 Å². The molecule has 5 aromatic rings. The van der Waals surface area contributed by atoms with Crippen LogP contribution in [0.1, 0.15) is 16.1 Å². The molecule has 0 aliphatic rings. The summed E-state index contributed by atoms with van der Waals surface area (Å²) >= 11 is 0. The van der Waals surface area contributed by atoms with Crippen LogP contribution in [-0.2, 0) is 6.54 Å². The third-order valence-corrected chi connectivity index (χ3v) is 5.26. The number of amides is 1. The third-order valence-electron chi connectivity index (χ3n) is 5.26. The first-order valence-electron chi connectivity index (χ1n) is 9.95. The van der Waals surface area contributed by atoms with Crippen LogP contribution in [-0.4, -0.2) is 27.4 Å². The number of ether oxygens (including phenoxy) is 1. The minimum atomic E-state index is -0.185. The summed E-state index contributed by atoms with van der Waals surface area (Å²) in [7, 11) is 1.62. The van der Waals surface area contributed by atoms with E-state index in [2.05, 4.69) is 21.4 Å². The fourth-order valence-corrected chi connectivity index (χ4v) is 3.63. The molecule has 0 bridgehead atoms. The average molecular weight is 408 g/mol. The number of hydrogen-bond acceptors (Lipinski definition) is 4. The van der Waals surface area contributed by atoms with Crippen LogP contribution in [0.5, 0.6) is 5.75 Å². The molecule has 0 unspecified atom stereocenters. The Morgan fingerprint density at radius 2 is 1.90 bits per heavy atom. The van der Waals surface area contributed by atoms with E-state index in [1.165, 1.54) is 0 Å². The first-order chi connectivity index (χ1) is 15.2. The van der Waals surface area contributed by atoms with Crippen molar-refractivity contribution in [3.8, 4) is 16.9 Å². The van der Waals surface area contributed by atoms with Gasteiger partial charge in [-0.05, 0) is 59.2 Å². The van der Waals surface area contributed by atoms with Gasteiger partial charge in [-0.15, -0.1) is 0 Å². The number of aromatic nitrogens is 3. The second-order valence-electron chi connectivity index (χ2n) is 7.23. The van der Waals surface area contributed by atoms with Gasteiger partial charge >= 0.3 is 0 Å². The van der Waals surface area contributed by atoms with Crippen LogP contribution >= 0.6 is 0 Å². The van der Waals surface area contributed by atoms with E-state index in [0.717, 1.165) is 39.0 Å². The predicted molar refractivity (Wildman–Crippen MR) is 120 cm³/mol. The Kier molecular flexibility index (Phi) is 4.80. The van der Waals surface area contributed by atoms with E-state index in [9.17, 15) is 4.79 Å². The number of nitrogens with one attached hydrogen (secondary N) is 1. The molecule has 0 aliphatic carbocycles. The predicted octanol–water partition coefficient (Wildman–Crippen LogP) is 4.49. The molecule has 6 heteroatoms. The summed E-state index contributed by atoms with van der Waals surface area (Å²) < 4.78 is 7.07. The van der Waals surface area contributed by atoms with Crippen molar-refractivity contribution in [1.29, 1.82) is 0 Å². The average Bonchev–Trinajstić information content (AvgIpc) is 3.26. The molecule has 31 heavy (non-hydrogen) atoms. The Labute approximate surface area is 179 Å². The number of methoxy groups -OCH3 is 1. The van der Waals surface area contributed by atoms with E-state index in [-0.39, 0.29) is 5.91 Å². The Hall–Kier alpha value is -4.19. The van der Waals surface area contributed by atoms with Gasteiger partial charge in [0.2, 0.25) is 0 Å². The first-order valence-corrected chi connectivity index (χ1v) is 9.95. The number of nitrogens with zero attached hydrogens (tertiary/aromatic N) is 3. The van der Waals surface area contributed by atoms with Crippen molar-refractivity contribution in [2.75, 3.05) is 7.11 Å². The van der Waals surface area contributed by atoms with Crippen molar-refractivity contribution in [1.82, 2.24) is 19.7 Å². The topological polar surface area (TPSA) is 68.5 Å². The lowest BCUT2D eigenvalue weighted by atomic mass is 10.1. The molecular formula is C25H20N4O2. The highest BCUT2D eigenvalue weighted by atomic mass is 16.5. The zero-order valence-electron chi connectivity index (χ0n) is 16.9. The van der Waals surface area contributed by atoms with Gasteiger partial charge in [0.1, 0.15) is 17.1 Å². The molecule has 0 spiro atoms. The maximum Gasteiger partial charge on any atom is 0.270 e. The van der Waals surface area contributed by atoms with Crippen LogP contribution in [0.3, 0.4) is 0 Å². The first kappa shape index (κ1) is 18.8. The zero-order valence-corrected chi connectivity index (χ0v) is 16.9. The van der Waals surface area contributed by atoms with E-state index >= 15 is 0 Å². The van der Waals surface area contributed by atoms with Gasteiger partial charge in [-0.25, -0.2) is 4.98 Å². The second kappa shape index (κ2) is 7.91. The second-order valence-corrected chi connectivity index (χ2v) is 7.23. The molecule has 1 N–H and O–H groups in total. The number of carbonyl (C=O) groups excluding carboxylic acids is 1. The Morgan fingerprint density at radius 3 is 2.81 bits per heavy atom. The Balaban J connectivity index is 1.43. The third kappa shape index (κ3) is 3.71. The van der Waals surface area contributed by atoms with E-state index < -0.39 is 0 Å². The molecule has 2 aromatic carbocycles. The normalized spacial score (nSPS) is 11.0. The summed E-state index contributed by atoms with van der Waals surface area (Å²) in [5, 5.41) is 4.04. The van der Waals surface area contributed by atoms with E-state index in [1.807, 2.05) is 71.3 Å². The van der Waals surface area contributed by atoms with Crippen molar-refractivity contribution in [3.63, 3.8) is 0 Å². The molecule has 1 amide bonds. The Morgan fingerprint density at radius 1 is 1.00 bits per heavy atom. The van der Waals surface area contributed by atoms with Gasteiger partial charge in [-0.1, -0.05) is 24.3 Å². The fraction of sp³-hybridized carbons (Fsp3) is 0.0800. The molecule has 3 aromatic heterocycles. The minimum Gasteiger partial charge on any atom is -0.497 e. The highest BCUT2D eigenvalue weighted by molar-refractivity contribution is 5.93. The Bertz CT molecular complexity index is 1410. The maximum absolute atomic E-state index is 12.9. The number of imidazole rings is 1. The minimum absolute atomic E-state index is 0.185. The standard InChI is InChI=1S/C25H20N4O2/c1-31-21-6-2-4-17(12-21)14-28-25(30)23-15-27-24-10-8-20(16-29(23)24)18-7-9-22-19(13-18)5-3-11-26-22/h2-13,15-16H,14H2,1H3,(H,28,30). The number of benzene rings is 2. The summed E-state index contributed by atoms with van der Waals surface area (Å²) in [6.07, 6.45) is 5.33. The van der Waals surface area contributed by atoms with Crippen molar-refractivity contribution < 1.29 is 9.53 Å². The summed E-state index contributed by atoms with van der Waals surface area (Å²) in [6.45, 7) is 0.403. The van der Waals surface area contributed by atoms with E-state index in [1.54, 1.807) is 19.5 Å². The van der Waals surface area contributed by atoms with Crippen LogP contribution in [0.2, 0.25) is 0 Å². The quantitative estimate of drug-likeness (QED) is 0.465. The number of hydrogen-bond donors (Lipinski definition) is 1. The van der Waals surface area contributed by atoms with E-state index in [0.29, 0.717) is 12.2 Å². The highest BCUT2D eigenvalue weighted by Crippen LogP contribution is 2.24. The molecule has 152 valence electrons. The molecule has 0 atom stereocenters. The number of pyridine rings is 2. The molecule has 0 radical (unpaired) electrons. The summed E-state index contributed by atoms with van der Waals surface area (Å²) in [6, 6.07) is 21.7.